The van der Waals surface area contributed by atoms with Gasteiger partial charge in [-0.1, -0.05) is 12.1 Å². The molecule has 0 saturated carbocycles. The molecule has 0 heterocycles. The Balaban J connectivity index is 2.21. The van der Waals surface area contributed by atoms with Gasteiger partial charge < -0.3 is 20.3 Å². The molecule has 17 heavy (non-hydrogen) atoms. The van der Waals surface area contributed by atoms with Crippen LogP contribution in [0.25, 0.3) is 0 Å². The summed E-state index contributed by atoms with van der Waals surface area (Å²) in [5.74, 6) is 0.0322. The van der Waals surface area contributed by atoms with Crippen molar-refractivity contribution in [1.82, 2.24) is 5.32 Å². The first-order valence-electron chi connectivity index (χ1n) is 5.45. The van der Waals surface area contributed by atoms with E-state index in [9.17, 15) is 9.90 Å². The van der Waals surface area contributed by atoms with Gasteiger partial charge in [0.2, 0.25) is 5.91 Å². The molecule has 0 aliphatic rings. The van der Waals surface area contributed by atoms with Crippen LogP contribution in [0.5, 0.6) is 5.75 Å². The Labute approximate surface area is 100 Å². The molecule has 5 heteroatoms. The summed E-state index contributed by atoms with van der Waals surface area (Å²) in [5.41, 5.74) is 0.763. The standard InChI is InChI=1S/C12H17NO4/c14-5-7-17-6-4-13-12(16)9-10-2-1-3-11(15)8-10/h1-3,8,14-15H,4-7,9H2,(H,13,16). The average Bonchev–Trinajstić information content (AvgIpc) is 2.29. The highest BCUT2D eigenvalue weighted by Gasteiger charge is 2.03. The number of rotatable bonds is 7. The van der Waals surface area contributed by atoms with Gasteiger partial charge in [-0.25, -0.2) is 0 Å². The first-order valence-corrected chi connectivity index (χ1v) is 5.45. The van der Waals surface area contributed by atoms with E-state index in [4.69, 9.17) is 9.84 Å². The van der Waals surface area contributed by atoms with Crippen molar-refractivity contribution in [3.63, 3.8) is 0 Å². The Morgan fingerprint density at radius 1 is 1.35 bits per heavy atom. The highest BCUT2D eigenvalue weighted by atomic mass is 16.5. The number of phenolic OH excluding ortho intramolecular Hbond substituents is 1. The lowest BCUT2D eigenvalue weighted by Crippen LogP contribution is -2.28. The quantitative estimate of drug-likeness (QED) is 0.588. The zero-order valence-corrected chi connectivity index (χ0v) is 9.56. The SMILES string of the molecule is O=C(Cc1cccc(O)c1)NCCOCCO. The fraction of sp³-hybridized carbons (Fsp3) is 0.417. The monoisotopic (exact) mass is 239 g/mol. The summed E-state index contributed by atoms with van der Waals surface area (Å²) < 4.78 is 5.00. The van der Waals surface area contributed by atoms with Gasteiger partial charge in [0.05, 0.1) is 26.2 Å². The highest BCUT2D eigenvalue weighted by molar-refractivity contribution is 5.78. The minimum atomic E-state index is -0.122. The molecular weight excluding hydrogens is 222 g/mol. The molecule has 1 aromatic rings. The van der Waals surface area contributed by atoms with Crippen LogP contribution < -0.4 is 5.32 Å². The van der Waals surface area contributed by atoms with Crippen molar-refractivity contribution >= 4 is 5.91 Å². The molecule has 0 aliphatic carbocycles. The molecule has 1 amide bonds. The lowest BCUT2D eigenvalue weighted by molar-refractivity contribution is -0.120. The first kappa shape index (κ1) is 13.5. The van der Waals surface area contributed by atoms with Crippen LogP contribution in [-0.4, -0.2) is 42.5 Å². The van der Waals surface area contributed by atoms with Crippen LogP contribution in [-0.2, 0) is 16.0 Å². The normalized spacial score (nSPS) is 10.2. The van der Waals surface area contributed by atoms with Gasteiger partial charge in [-0.2, -0.15) is 0 Å². The number of hydrogen-bond donors (Lipinski definition) is 3. The molecule has 1 rings (SSSR count). The minimum absolute atomic E-state index is 0.0166. The molecule has 3 N–H and O–H groups in total. The van der Waals surface area contributed by atoms with Crippen molar-refractivity contribution in [3.05, 3.63) is 29.8 Å². The van der Waals surface area contributed by atoms with Crippen LogP contribution in [0.4, 0.5) is 0 Å². The maximum Gasteiger partial charge on any atom is 0.224 e. The molecule has 0 radical (unpaired) electrons. The number of benzene rings is 1. The lowest BCUT2D eigenvalue weighted by atomic mass is 10.1. The van der Waals surface area contributed by atoms with E-state index in [1.54, 1.807) is 24.3 Å². The summed E-state index contributed by atoms with van der Waals surface area (Å²) in [7, 11) is 0. The summed E-state index contributed by atoms with van der Waals surface area (Å²) >= 11 is 0. The fourth-order valence-electron chi connectivity index (χ4n) is 1.34. The van der Waals surface area contributed by atoms with Gasteiger partial charge >= 0.3 is 0 Å². The predicted octanol–water partition coefficient (Wildman–Crippen LogP) is 0.0598. The maximum atomic E-state index is 11.5. The van der Waals surface area contributed by atoms with E-state index in [0.29, 0.717) is 13.2 Å². The first-order chi connectivity index (χ1) is 8.22. The van der Waals surface area contributed by atoms with Gasteiger partial charge in [0.1, 0.15) is 5.75 Å². The molecule has 0 bridgehead atoms. The topological polar surface area (TPSA) is 78.8 Å². The van der Waals surface area contributed by atoms with Gasteiger partial charge in [0.15, 0.2) is 0 Å². The molecule has 5 nitrogen and oxygen atoms in total. The maximum absolute atomic E-state index is 11.5. The van der Waals surface area contributed by atoms with Gasteiger partial charge in [-0.05, 0) is 17.7 Å². The number of aromatic hydroxyl groups is 1. The minimum Gasteiger partial charge on any atom is -0.508 e. The molecule has 0 unspecified atom stereocenters. The van der Waals surface area contributed by atoms with Crippen LogP contribution >= 0.6 is 0 Å². The number of nitrogens with one attached hydrogen (secondary N) is 1. The van der Waals surface area contributed by atoms with E-state index < -0.39 is 0 Å². The van der Waals surface area contributed by atoms with E-state index in [-0.39, 0.29) is 31.3 Å². The van der Waals surface area contributed by atoms with Crippen LogP contribution in [0.1, 0.15) is 5.56 Å². The average molecular weight is 239 g/mol. The molecule has 0 atom stereocenters. The van der Waals surface area contributed by atoms with Crippen molar-refractivity contribution in [3.8, 4) is 5.75 Å². The van der Waals surface area contributed by atoms with Crippen molar-refractivity contribution in [1.29, 1.82) is 0 Å². The van der Waals surface area contributed by atoms with Crippen LogP contribution in [0.2, 0.25) is 0 Å². The second-order valence-electron chi connectivity index (χ2n) is 3.53. The largest absolute Gasteiger partial charge is 0.508 e. The summed E-state index contributed by atoms with van der Waals surface area (Å²) in [6.07, 6.45) is 0.231. The molecule has 0 spiro atoms. The van der Waals surface area contributed by atoms with Crippen LogP contribution in [0.15, 0.2) is 24.3 Å². The van der Waals surface area contributed by atoms with Gasteiger partial charge in [-0.3, -0.25) is 4.79 Å². The third-order valence-corrected chi connectivity index (χ3v) is 2.08. The van der Waals surface area contributed by atoms with Crippen molar-refractivity contribution in [2.45, 2.75) is 6.42 Å². The van der Waals surface area contributed by atoms with Gasteiger partial charge in [-0.15, -0.1) is 0 Å². The Hall–Kier alpha value is -1.59. The zero-order valence-electron chi connectivity index (χ0n) is 9.56. The van der Waals surface area contributed by atoms with Crippen molar-refractivity contribution in [2.24, 2.45) is 0 Å². The van der Waals surface area contributed by atoms with E-state index in [2.05, 4.69) is 5.32 Å². The molecule has 94 valence electrons. The summed E-state index contributed by atoms with van der Waals surface area (Å²) in [5, 5.41) is 20.4. The zero-order chi connectivity index (χ0) is 12.5. The van der Waals surface area contributed by atoms with E-state index >= 15 is 0 Å². The van der Waals surface area contributed by atoms with Gasteiger partial charge in [0.25, 0.3) is 0 Å². The Morgan fingerprint density at radius 3 is 2.88 bits per heavy atom. The number of phenols is 1. The van der Waals surface area contributed by atoms with Crippen LogP contribution in [0, 0.1) is 0 Å². The van der Waals surface area contributed by atoms with Crippen molar-refractivity contribution in [2.75, 3.05) is 26.4 Å². The molecule has 0 saturated heterocycles. The highest BCUT2D eigenvalue weighted by Crippen LogP contribution is 2.10. The second kappa shape index (κ2) is 7.65. The Morgan fingerprint density at radius 2 is 2.18 bits per heavy atom. The summed E-state index contributed by atoms with van der Waals surface area (Å²) in [6, 6.07) is 6.59. The third-order valence-electron chi connectivity index (χ3n) is 2.08. The number of hydrogen-bond acceptors (Lipinski definition) is 4. The van der Waals surface area contributed by atoms with Gasteiger partial charge in [0, 0.05) is 6.54 Å². The molecule has 0 aromatic heterocycles. The number of aliphatic hydroxyl groups excluding tert-OH is 1. The summed E-state index contributed by atoms with van der Waals surface area (Å²) in [4.78, 5) is 11.5. The Bertz CT molecular complexity index is 354. The number of aliphatic hydroxyl groups is 1. The number of ether oxygens (including phenoxy) is 1. The summed E-state index contributed by atoms with van der Waals surface area (Å²) in [6.45, 7) is 1.06. The van der Waals surface area contributed by atoms with Crippen LogP contribution in [0.3, 0.4) is 0 Å². The lowest BCUT2D eigenvalue weighted by Gasteiger charge is -2.06. The number of carbonyl (C=O) groups is 1. The second-order valence-corrected chi connectivity index (χ2v) is 3.53. The Kier molecular flexibility index (Phi) is 6.06. The van der Waals surface area contributed by atoms with E-state index in [1.807, 2.05) is 0 Å². The predicted molar refractivity (Wildman–Crippen MR) is 62.7 cm³/mol. The third kappa shape index (κ3) is 5.89. The number of carbonyl (C=O) groups excluding carboxylic acids is 1. The van der Waals surface area contributed by atoms with E-state index in [1.165, 1.54) is 0 Å². The molecule has 0 aliphatic heterocycles. The smallest absolute Gasteiger partial charge is 0.224 e. The van der Waals surface area contributed by atoms with Crippen molar-refractivity contribution < 1.29 is 19.7 Å². The molecule has 0 fully saturated rings. The fourth-order valence-corrected chi connectivity index (χ4v) is 1.34. The number of amides is 1. The molecule has 1 aromatic carbocycles. The van der Waals surface area contributed by atoms with E-state index in [0.717, 1.165) is 5.56 Å². The molecular formula is C12H17NO4.